The first-order valence-electron chi connectivity index (χ1n) is 11.5. The summed E-state index contributed by atoms with van der Waals surface area (Å²) >= 11 is 0. The van der Waals surface area contributed by atoms with Crippen molar-refractivity contribution in [1.82, 2.24) is 9.80 Å². The quantitative estimate of drug-likeness (QED) is 0.485. The highest BCUT2D eigenvalue weighted by Crippen LogP contribution is 2.28. The van der Waals surface area contributed by atoms with Crippen molar-refractivity contribution in [2.45, 2.75) is 18.9 Å². The van der Waals surface area contributed by atoms with E-state index in [0.717, 1.165) is 57.1 Å². The van der Waals surface area contributed by atoms with Crippen molar-refractivity contribution in [3.63, 3.8) is 0 Å². The number of ether oxygens (including phenoxy) is 2. The molecule has 1 aliphatic rings. The predicted octanol–water partition coefficient (Wildman–Crippen LogP) is 4.85. The standard InChI is InChI=1S/C28H34N2O2/c1-31-27-14-13-24(22-28(27)32-2)15-16-29-17-19-30(20-18-29)26(25-11-7-4-8-12-25)21-23-9-5-3-6-10-23/h3-14,22,26H,15-21H2,1-2H3. The molecule has 4 nitrogen and oxygen atoms in total. The number of nitrogens with zero attached hydrogens (tertiary/aromatic N) is 2. The molecule has 0 spiro atoms. The Hall–Kier alpha value is -2.82. The lowest BCUT2D eigenvalue weighted by Crippen LogP contribution is -2.48. The molecule has 0 aromatic heterocycles. The molecule has 4 heteroatoms. The predicted molar refractivity (Wildman–Crippen MR) is 131 cm³/mol. The van der Waals surface area contributed by atoms with Crippen LogP contribution in [0.5, 0.6) is 11.5 Å². The Bertz CT molecular complexity index is 954. The monoisotopic (exact) mass is 430 g/mol. The number of benzene rings is 3. The van der Waals surface area contributed by atoms with E-state index in [2.05, 4.69) is 82.6 Å². The third-order valence-electron chi connectivity index (χ3n) is 6.47. The van der Waals surface area contributed by atoms with Gasteiger partial charge in [-0.2, -0.15) is 0 Å². The summed E-state index contributed by atoms with van der Waals surface area (Å²) in [6.45, 7) is 5.46. The van der Waals surface area contributed by atoms with Gasteiger partial charge in [-0.1, -0.05) is 66.7 Å². The highest BCUT2D eigenvalue weighted by atomic mass is 16.5. The smallest absolute Gasteiger partial charge is 0.160 e. The van der Waals surface area contributed by atoms with Crippen molar-refractivity contribution in [2.24, 2.45) is 0 Å². The average molecular weight is 431 g/mol. The number of hydrogen-bond acceptors (Lipinski definition) is 4. The van der Waals surface area contributed by atoms with E-state index in [1.807, 2.05) is 6.07 Å². The zero-order chi connectivity index (χ0) is 22.2. The molecule has 4 rings (SSSR count). The van der Waals surface area contributed by atoms with Gasteiger partial charge in [-0.25, -0.2) is 0 Å². The second kappa shape index (κ2) is 11.2. The lowest BCUT2D eigenvalue weighted by molar-refractivity contribution is 0.0961. The number of methoxy groups -OCH3 is 2. The minimum atomic E-state index is 0.423. The third-order valence-corrected chi connectivity index (χ3v) is 6.47. The van der Waals surface area contributed by atoms with E-state index in [-0.39, 0.29) is 0 Å². The Morgan fingerprint density at radius 2 is 1.38 bits per heavy atom. The van der Waals surface area contributed by atoms with Crippen LogP contribution in [0.25, 0.3) is 0 Å². The largest absolute Gasteiger partial charge is 0.493 e. The molecule has 1 fully saturated rings. The van der Waals surface area contributed by atoms with Crippen molar-refractivity contribution in [1.29, 1.82) is 0 Å². The van der Waals surface area contributed by atoms with E-state index in [9.17, 15) is 0 Å². The highest BCUT2D eigenvalue weighted by molar-refractivity contribution is 5.43. The van der Waals surface area contributed by atoms with E-state index in [0.29, 0.717) is 6.04 Å². The first-order chi connectivity index (χ1) is 15.8. The molecule has 0 aliphatic carbocycles. The van der Waals surface area contributed by atoms with Gasteiger partial charge in [-0.15, -0.1) is 0 Å². The minimum absolute atomic E-state index is 0.423. The Labute approximate surface area is 192 Å². The lowest BCUT2D eigenvalue weighted by Gasteiger charge is -2.39. The third kappa shape index (κ3) is 5.70. The fourth-order valence-corrected chi connectivity index (χ4v) is 4.59. The van der Waals surface area contributed by atoms with Crippen LogP contribution in [0.15, 0.2) is 78.9 Å². The maximum Gasteiger partial charge on any atom is 0.160 e. The molecule has 3 aromatic carbocycles. The van der Waals surface area contributed by atoms with Gasteiger partial charge in [0.2, 0.25) is 0 Å². The van der Waals surface area contributed by atoms with Gasteiger partial charge in [0.1, 0.15) is 0 Å². The minimum Gasteiger partial charge on any atom is -0.493 e. The summed E-state index contributed by atoms with van der Waals surface area (Å²) < 4.78 is 10.8. The summed E-state index contributed by atoms with van der Waals surface area (Å²) in [5, 5.41) is 0. The van der Waals surface area contributed by atoms with Crippen molar-refractivity contribution in [2.75, 3.05) is 46.9 Å². The Balaban J connectivity index is 1.35. The highest BCUT2D eigenvalue weighted by Gasteiger charge is 2.25. The van der Waals surface area contributed by atoms with Crippen LogP contribution in [0, 0.1) is 0 Å². The summed E-state index contributed by atoms with van der Waals surface area (Å²) in [5.74, 6) is 1.59. The molecule has 0 N–H and O–H groups in total. The van der Waals surface area contributed by atoms with Crippen LogP contribution in [0.2, 0.25) is 0 Å². The Morgan fingerprint density at radius 1 is 0.719 bits per heavy atom. The Morgan fingerprint density at radius 3 is 2.03 bits per heavy atom. The van der Waals surface area contributed by atoms with E-state index in [1.54, 1.807) is 14.2 Å². The molecule has 1 saturated heterocycles. The van der Waals surface area contributed by atoms with Crippen LogP contribution >= 0.6 is 0 Å². The van der Waals surface area contributed by atoms with Crippen molar-refractivity contribution in [3.05, 3.63) is 95.6 Å². The van der Waals surface area contributed by atoms with Gasteiger partial charge in [0, 0.05) is 38.8 Å². The molecule has 0 radical (unpaired) electrons. The van der Waals surface area contributed by atoms with Crippen LogP contribution in [-0.4, -0.2) is 56.7 Å². The average Bonchev–Trinajstić information content (AvgIpc) is 2.87. The summed E-state index contributed by atoms with van der Waals surface area (Å²) in [5.41, 5.74) is 4.10. The van der Waals surface area contributed by atoms with Crippen LogP contribution in [0.1, 0.15) is 22.7 Å². The number of rotatable bonds is 9. The molecule has 168 valence electrons. The summed E-state index contributed by atoms with van der Waals surface area (Å²) in [6, 6.07) is 28.5. The van der Waals surface area contributed by atoms with Gasteiger partial charge in [-0.3, -0.25) is 4.90 Å². The topological polar surface area (TPSA) is 24.9 Å². The van der Waals surface area contributed by atoms with Crippen molar-refractivity contribution >= 4 is 0 Å². The van der Waals surface area contributed by atoms with Gasteiger partial charge in [0.05, 0.1) is 14.2 Å². The second-order valence-corrected chi connectivity index (χ2v) is 8.43. The normalized spacial score (nSPS) is 15.9. The van der Waals surface area contributed by atoms with Crippen LogP contribution in [-0.2, 0) is 12.8 Å². The van der Waals surface area contributed by atoms with Gasteiger partial charge < -0.3 is 14.4 Å². The molecule has 0 saturated carbocycles. The van der Waals surface area contributed by atoms with E-state index in [1.165, 1.54) is 16.7 Å². The first-order valence-corrected chi connectivity index (χ1v) is 11.5. The zero-order valence-corrected chi connectivity index (χ0v) is 19.2. The SMILES string of the molecule is COc1ccc(CCN2CCN(C(Cc3ccccc3)c3ccccc3)CC2)cc1OC. The number of hydrogen-bond donors (Lipinski definition) is 0. The summed E-state index contributed by atoms with van der Waals surface area (Å²) in [4.78, 5) is 5.24. The fraction of sp³-hybridized carbons (Fsp3) is 0.357. The molecule has 1 atom stereocenters. The van der Waals surface area contributed by atoms with E-state index in [4.69, 9.17) is 9.47 Å². The maximum atomic E-state index is 5.45. The Kier molecular flexibility index (Phi) is 7.81. The van der Waals surface area contributed by atoms with Gasteiger partial charge in [-0.05, 0) is 41.7 Å². The molecule has 1 unspecified atom stereocenters. The van der Waals surface area contributed by atoms with Crippen LogP contribution < -0.4 is 9.47 Å². The fourth-order valence-electron chi connectivity index (χ4n) is 4.59. The van der Waals surface area contributed by atoms with E-state index < -0.39 is 0 Å². The van der Waals surface area contributed by atoms with Crippen molar-refractivity contribution < 1.29 is 9.47 Å². The first kappa shape index (κ1) is 22.4. The summed E-state index contributed by atoms with van der Waals surface area (Å²) in [7, 11) is 3.37. The second-order valence-electron chi connectivity index (χ2n) is 8.43. The molecule has 0 bridgehead atoms. The van der Waals surface area contributed by atoms with Crippen molar-refractivity contribution in [3.8, 4) is 11.5 Å². The molecular formula is C28H34N2O2. The molecule has 1 heterocycles. The maximum absolute atomic E-state index is 5.45. The molecule has 3 aromatic rings. The van der Waals surface area contributed by atoms with Gasteiger partial charge in [0.15, 0.2) is 11.5 Å². The van der Waals surface area contributed by atoms with Crippen LogP contribution in [0.4, 0.5) is 0 Å². The summed E-state index contributed by atoms with van der Waals surface area (Å²) in [6.07, 6.45) is 2.07. The van der Waals surface area contributed by atoms with Gasteiger partial charge >= 0.3 is 0 Å². The van der Waals surface area contributed by atoms with Crippen LogP contribution in [0.3, 0.4) is 0 Å². The molecular weight excluding hydrogens is 396 g/mol. The molecule has 0 amide bonds. The molecule has 1 aliphatic heterocycles. The lowest BCUT2D eigenvalue weighted by atomic mass is 9.96. The zero-order valence-electron chi connectivity index (χ0n) is 19.2. The van der Waals surface area contributed by atoms with Gasteiger partial charge in [0.25, 0.3) is 0 Å². The molecule has 32 heavy (non-hydrogen) atoms. The number of piperazine rings is 1. The van der Waals surface area contributed by atoms with E-state index >= 15 is 0 Å².